The number of para-hydroxylation sites is 1. The lowest BCUT2D eigenvalue weighted by Crippen LogP contribution is -2.26. The molecule has 1 aromatic rings. The van der Waals surface area contributed by atoms with Gasteiger partial charge < -0.3 is 4.74 Å². The van der Waals surface area contributed by atoms with E-state index in [4.69, 9.17) is 14.5 Å². The van der Waals surface area contributed by atoms with Gasteiger partial charge in [-0.15, -0.1) is 0 Å². The summed E-state index contributed by atoms with van der Waals surface area (Å²) in [7, 11) is 2.87. The lowest BCUT2D eigenvalue weighted by molar-refractivity contribution is -0.351. The van der Waals surface area contributed by atoms with Crippen LogP contribution in [-0.2, 0) is 19.6 Å². The highest BCUT2D eigenvalue weighted by atomic mass is 17.2. The van der Waals surface area contributed by atoms with Crippen LogP contribution in [0.5, 0.6) is 5.75 Å². The van der Waals surface area contributed by atoms with Crippen LogP contribution < -0.4 is 4.74 Å². The van der Waals surface area contributed by atoms with Gasteiger partial charge in [-0.3, -0.25) is 0 Å². The van der Waals surface area contributed by atoms with Crippen molar-refractivity contribution >= 4 is 0 Å². The van der Waals surface area contributed by atoms with Crippen molar-refractivity contribution in [1.82, 2.24) is 0 Å². The summed E-state index contributed by atoms with van der Waals surface area (Å²) in [5.41, 5.74) is 0. The summed E-state index contributed by atoms with van der Waals surface area (Å²) < 4.78 is 5.48. The minimum absolute atomic E-state index is 0.233. The normalized spacial score (nSPS) is 12.4. The number of ether oxygens (including phenoxy) is 1. The van der Waals surface area contributed by atoms with Gasteiger partial charge in [-0.1, -0.05) is 18.2 Å². The predicted octanol–water partition coefficient (Wildman–Crippen LogP) is 1.59. The van der Waals surface area contributed by atoms with E-state index >= 15 is 0 Å². The molecule has 0 spiro atoms. The number of hydrogen-bond donors (Lipinski definition) is 0. The summed E-state index contributed by atoms with van der Waals surface area (Å²) >= 11 is 0. The molecule has 16 heavy (non-hydrogen) atoms. The molecule has 0 radical (unpaired) electrons. The molecule has 1 aromatic carbocycles. The molecule has 0 N–H and O–H groups in total. The van der Waals surface area contributed by atoms with Crippen LogP contribution in [0.3, 0.4) is 0 Å². The van der Waals surface area contributed by atoms with Gasteiger partial charge in [0.05, 0.1) is 14.2 Å². The van der Waals surface area contributed by atoms with Crippen molar-refractivity contribution in [2.24, 2.45) is 0 Å². The van der Waals surface area contributed by atoms with Crippen LogP contribution in [-0.4, -0.2) is 33.5 Å². The van der Waals surface area contributed by atoms with Crippen LogP contribution in [0.2, 0.25) is 0 Å². The van der Waals surface area contributed by atoms with Gasteiger partial charge in [-0.05, 0) is 12.1 Å². The van der Waals surface area contributed by atoms with Crippen molar-refractivity contribution in [2.75, 3.05) is 27.4 Å². The molecule has 0 aliphatic rings. The highest BCUT2D eigenvalue weighted by Crippen LogP contribution is 2.09. The third kappa shape index (κ3) is 5.09. The van der Waals surface area contributed by atoms with E-state index in [-0.39, 0.29) is 12.7 Å². The Balaban J connectivity index is 2.31. The Kier molecular flexibility index (Phi) is 6.52. The second kappa shape index (κ2) is 8.06. The number of rotatable bonds is 8. The highest BCUT2D eigenvalue weighted by Gasteiger charge is 2.11. The average Bonchev–Trinajstić information content (AvgIpc) is 2.34. The van der Waals surface area contributed by atoms with Gasteiger partial charge in [0.15, 0.2) is 6.10 Å². The van der Waals surface area contributed by atoms with Crippen LogP contribution in [0.15, 0.2) is 30.3 Å². The number of hydrogen-bond acceptors (Lipinski definition) is 5. The molecule has 5 nitrogen and oxygen atoms in total. The molecule has 90 valence electrons. The highest BCUT2D eigenvalue weighted by molar-refractivity contribution is 5.20. The van der Waals surface area contributed by atoms with Gasteiger partial charge >= 0.3 is 0 Å². The minimum Gasteiger partial charge on any atom is -0.491 e. The Morgan fingerprint density at radius 2 is 1.75 bits per heavy atom. The first-order chi connectivity index (χ1) is 7.86. The van der Waals surface area contributed by atoms with Crippen LogP contribution in [0.4, 0.5) is 0 Å². The fourth-order valence-electron chi connectivity index (χ4n) is 1.09. The van der Waals surface area contributed by atoms with E-state index in [1.54, 1.807) is 0 Å². The molecule has 0 amide bonds. The SMILES string of the molecule is COOCC(COc1ccccc1)OOC. The summed E-state index contributed by atoms with van der Waals surface area (Å²) in [5.74, 6) is 0.768. The maximum atomic E-state index is 5.48. The lowest BCUT2D eigenvalue weighted by atomic mass is 10.3. The Morgan fingerprint density at radius 3 is 2.38 bits per heavy atom. The molecule has 0 aliphatic heterocycles. The zero-order valence-corrected chi connectivity index (χ0v) is 9.42. The van der Waals surface area contributed by atoms with Crippen LogP contribution in [0.25, 0.3) is 0 Å². The predicted molar refractivity (Wildman–Crippen MR) is 56.8 cm³/mol. The van der Waals surface area contributed by atoms with E-state index in [1.807, 2.05) is 30.3 Å². The van der Waals surface area contributed by atoms with E-state index in [1.165, 1.54) is 14.2 Å². The topological polar surface area (TPSA) is 46.2 Å². The number of benzene rings is 1. The molecule has 1 atom stereocenters. The first kappa shape index (κ1) is 12.9. The fraction of sp³-hybridized carbons (Fsp3) is 0.455. The van der Waals surface area contributed by atoms with Crippen molar-refractivity contribution in [3.63, 3.8) is 0 Å². The molecule has 0 aromatic heterocycles. The summed E-state index contributed by atoms with van der Waals surface area (Å²) in [5, 5.41) is 0. The Hall–Kier alpha value is -1.14. The summed E-state index contributed by atoms with van der Waals surface area (Å²) in [6.45, 7) is 0.554. The molecule has 0 fully saturated rings. The van der Waals surface area contributed by atoms with Crippen molar-refractivity contribution < 1.29 is 24.3 Å². The molecule has 0 saturated heterocycles. The van der Waals surface area contributed by atoms with Crippen molar-refractivity contribution in [2.45, 2.75) is 6.10 Å². The third-order valence-corrected chi connectivity index (χ3v) is 1.78. The molecule has 0 aliphatic carbocycles. The van der Waals surface area contributed by atoms with Gasteiger partial charge in [0.2, 0.25) is 0 Å². The maximum absolute atomic E-state index is 5.48. The molecule has 5 heteroatoms. The van der Waals surface area contributed by atoms with Crippen molar-refractivity contribution in [1.29, 1.82) is 0 Å². The van der Waals surface area contributed by atoms with Crippen LogP contribution in [0.1, 0.15) is 0 Å². The lowest BCUT2D eigenvalue weighted by Gasteiger charge is -2.15. The third-order valence-electron chi connectivity index (χ3n) is 1.78. The van der Waals surface area contributed by atoms with Gasteiger partial charge in [0.1, 0.15) is 19.0 Å². The Labute approximate surface area is 94.7 Å². The van der Waals surface area contributed by atoms with Gasteiger partial charge in [0.25, 0.3) is 0 Å². The zero-order chi connectivity index (χ0) is 11.6. The summed E-state index contributed by atoms with van der Waals surface area (Å²) in [6.07, 6.45) is -0.342. The monoisotopic (exact) mass is 228 g/mol. The van der Waals surface area contributed by atoms with Gasteiger partial charge in [-0.2, -0.15) is 0 Å². The second-order valence-electron chi connectivity index (χ2n) is 2.96. The van der Waals surface area contributed by atoms with E-state index in [0.29, 0.717) is 6.61 Å². The standard InChI is InChI=1S/C11H16O5/c1-12-15-9-11(16-13-2)8-14-10-6-4-3-5-7-10/h3-7,11H,8-9H2,1-2H3. The molecule has 0 bridgehead atoms. The Morgan fingerprint density at radius 1 is 1.00 bits per heavy atom. The molecule has 0 saturated carbocycles. The molecule has 1 unspecified atom stereocenters. The maximum Gasteiger partial charge on any atom is 0.153 e. The summed E-state index contributed by atoms with van der Waals surface area (Å²) in [4.78, 5) is 18.7. The van der Waals surface area contributed by atoms with Gasteiger partial charge in [-0.25, -0.2) is 19.6 Å². The van der Waals surface area contributed by atoms with E-state index in [9.17, 15) is 0 Å². The summed E-state index contributed by atoms with van der Waals surface area (Å²) in [6, 6.07) is 9.44. The van der Waals surface area contributed by atoms with E-state index in [2.05, 4.69) is 9.78 Å². The van der Waals surface area contributed by atoms with Crippen molar-refractivity contribution in [3.05, 3.63) is 30.3 Å². The molecular formula is C11H16O5. The van der Waals surface area contributed by atoms with Gasteiger partial charge in [0, 0.05) is 0 Å². The molecular weight excluding hydrogens is 212 g/mol. The van der Waals surface area contributed by atoms with E-state index < -0.39 is 0 Å². The zero-order valence-electron chi connectivity index (χ0n) is 9.42. The fourth-order valence-corrected chi connectivity index (χ4v) is 1.09. The largest absolute Gasteiger partial charge is 0.491 e. The first-order valence-electron chi connectivity index (χ1n) is 4.89. The van der Waals surface area contributed by atoms with Crippen LogP contribution >= 0.6 is 0 Å². The quantitative estimate of drug-likeness (QED) is 0.499. The second-order valence-corrected chi connectivity index (χ2v) is 2.96. The smallest absolute Gasteiger partial charge is 0.153 e. The molecule has 0 heterocycles. The van der Waals surface area contributed by atoms with Crippen molar-refractivity contribution in [3.8, 4) is 5.75 Å². The first-order valence-corrected chi connectivity index (χ1v) is 4.89. The Bertz CT molecular complexity index is 264. The molecule has 1 rings (SSSR count). The average molecular weight is 228 g/mol. The van der Waals surface area contributed by atoms with Crippen LogP contribution in [0, 0.1) is 0 Å². The van der Waals surface area contributed by atoms with E-state index in [0.717, 1.165) is 5.75 Å². The minimum atomic E-state index is -0.342.